The second-order valence-electron chi connectivity index (χ2n) is 4.96. The average Bonchev–Trinajstić information content (AvgIpc) is 2.73. The first kappa shape index (κ1) is 9.97. The van der Waals surface area contributed by atoms with Gasteiger partial charge in [-0.25, -0.2) is 0 Å². The molecular formula is C11H19NO2. The first-order valence-electron chi connectivity index (χ1n) is 5.57. The Labute approximate surface area is 85.1 Å². The first-order valence-corrected chi connectivity index (χ1v) is 5.57. The van der Waals surface area contributed by atoms with Crippen molar-refractivity contribution in [2.75, 3.05) is 13.2 Å². The first-order chi connectivity index (χ1) is 6.65. The van der Waals surface area contributed by atoms with E-state index in [0.717, 1.165) is 19.4 Å². The Hall–Kier alpha value is -0.570. The zero-order chi connectivity index (χ0) is 10.2. The number of aliphatic hydroxyl groups is 1. The molecule has 1 atom stereocenters. The molecule has 14 heavy (non-hydrogen) atoms. The fourth-order valence-electron chi connectivity index (χ4n) is 2.83. The number of hydrogen-bond acceptors (Lipinski definition) is 2. The third kappa shape index (κ3) is 1.54. The van der Waals surface area contributed by atoms with E-state index >= 15 is 0 Å². The van der Waals surface area contributed by atoms with Crippen molar-refractivity contribution in [3.05, 3.63) is 0 Å². The summed E-state index contributed by atoms with van der Waals surface area (Å²) < 4.78 is 0. The summed E-state index contributed by atoms with van der Waals surface area (Å²) in [6.45, 7) is 3.11. The van der Waals surface area contributed by atoms with Gasteiger partial charge in [-0.05, 0) is 19.8 Å². The molecule has 1 aliphatic carbocycles. The van der Waals surface area contributed by atoms with E-state index in [-0.39, 0.29) is 24.0 Å². The molecule has 3 heteroatoms. The van der Waals surface area contributed by atoms with Gasteiger partial charge in [0.15, 0.2) is 0 Å². The van der Waals surface area contributed by atoms with Crippen molar-refractivity contribution < 1.29 is 9.90 Å². The van der Waals surface area contributed by atoms with E-state index in [1.165, 1.54) is 12.8 Å². The van der Waals surface area contributed by atoms with E-state index in [2.05, 4.69) is 6.92 Å². The number of likely N-dealkylation sites (tertiary alicyclic amines) is 1. The van der Waals surface area contributed by atoms with Crippen molar-refractivity contribution in [2.45, 2.75) is 44.6 Å². The third-order valence-electron chi connectivity index (χ3n) is 3.80. The van der Waals surface area contributed by atoms with E-state index in [1.807, 2.05) is 4.90 Å². The van der Waals surface area contributed by atoms with Crippen molar-refractivity contribution in [2.24, 2.45) is 5.92 Å². The molecule has 0 aromatic carbocycles. The van der Waals surface area contributed by atoms with Gasteiger partial charge in [-0.15, -0.1) is 0 Å². The van der Waals surface area contributed by atoms with Gasteiger partial charge in [0.05, 0.1) is 0 Å². The number of hydrogen-bond donors (Lipinski definition) is 1. The second kappa shape index (κ2) is 3.54. The van der Waals surface area contributed by atoms with Crippen LogP contribution in [0.2, 0.25) is 0 Å². The summed E-state index contributed by atoms with van der Waals surface area (Å²) in [4.78, 5) is 13.8. The SMILES string of the molecule is CC1(N2CC(CO)CC2=O)CCCC1. The molecule has 80 valence electrons. The van der Waals surface area contributed by atoms with Crippen LogP contribution >= 0.6 is 0 Å². The van der Waals surface area contributed by atoms with Gasteiger partial charge in [0.2, 0.25) is 5.91 Å². The maximum atomic E-state index is 11.8. The van der Waals surface area contributed by atoms with Gasteiger partial charge in [0, 0.05) is 31.0 Å². The van der Waals surface area contributed by atoms with E-state index in [0.29, 0.717) is 6.42 Å². The van der Waals surface area contributed by atoms with E-state index in [1.54, 1.807) is 0 Å². The molecule has 0 aromatic rings. The van der Waals surface area contributed by atoms with Gasteiger partial charge >= 0.3 is 0 Å². The van der Waals surface area contributed by atoms with Crippen LogP contribution in [0, 0.1) is 5.92 Å². The summed E-state index contributed by atoms with van der Waals surface area (Å²) in [5.74, 6) is 0.424. The molecule has 1 aliphatic heterocycles. The Bertz CT molecular complexity index is 233. The molecular weight excluding hydrogens is 178 g/mol. The molecule has 0 aromatic heterocycles. The molecule has 1 N–H and O–H groups in total. The van der Waals surface area contributed by atoms with E-state index in [4.69, 9.17) is 5.11 Å². The molecule has 2 rings (SSSR count). The quantitative estimate of drug-likeness (QED) is 0.721. The van der Waals surface area contributed by atoms with Crippen LogP contribution in [-0.2, 0) is 4.79 Å². The molecule has 1 unspecified atom stereocenters. The maximum absolute atomic E-state index is 11.8. The second-order valence-corrected chi connectivity index (χ2v) is 4.96. The highest BCUT2D eigenvalue weighted by Gasteiger charge is 2.42. The molecule has 0 radical (unpaired) electrons. The Morgan fingerprint density at radius 3 is 2.64 bits per heavy atom. The van der Waals surface area contributed by atoms with Crippen LogP contribution in [0.3, 0.4) is 0 Å². The van der Waals surface area contributed by atoms with Gasteiger partial charge < -0.3 is 10.0 Å². The molecule has 1 amide bonds. The van der Waals surface area contributed by atoms with Crippen LogP contribution in [-0.4, -0.2) is 34.6 Å². The molecule has 2 aliphatic rings. The van der Waals surface area contributed by atoms with Gasteiger partial charge in [-0.3, -0.25) is 4.79 Å². The van der Waals surface area contributed by atoms with Crippen LogP contribution in [0.15, 0.2) is 0 Å². The zero-order valence-corrected chi connectivity index (χ0v) is 8.83. The fraction of sp³-hybridized carbons (Fsp3) is 0.909. The third-order valence-corrected chi connectivity index (χ3v) is 3.80. The highest BCUT2D eigenvalue weighted by Crippen LogP contribution is 2.38. The Morgan fingerprint density at radius 1 is 1.50 bits per heavy atom. The minimum Gasteiger partial charge on any atom is -0.396 e. The minimum absolute atomic E-state index is 0.0982. The Morgan fingerprint density at radius 2 is 2.14 bits per heavy atom. The highest BCUT2D eigenvalue weighted by molar-refractivity contribution is 5.79. The number of amides is 1. The van der Waals surface area contributed by atoms with Crippen LogP contribution in [0.25, 0.3) is 0 Å². The zero-order valence-electron chi connectivity index (χ0n) is 8.83. The summed E-state index contributed by atoms with van der Waals surface area (Å²) in [6.07, 6.45) is 5.30. The predicted molar refractivity (Wildman–Crippen MR) is 53.8 cm³/mol. The van der Waals surface area contributed by atoms with Crippen LogP contribution in [0.1, 0.15) is 39.0 Å². The van der Waals surface area contributed by atoms with Crippen molar-refractivity contribution in [3.63, 3.8) is 0 Å². The smallest absolute Gasteiger partial charge is 0.223 e. The van der Waals surface area contributed by atoms with Crippen LogP contribution < -0.4 is 0 Å². The number of carbonyl (C=O) groups excluding carboxylic acids is 1. The molecule has 1 saturated heterocycles. The van der Waals surface area contributed by atoms with Gasteiger partial charge in [0.1, 0.15) is 0 Å². The van der Waals surface area contributed by atoms with Crippen molar-refractivity contribution in [1.29, 1.82) is 0 Å². The fourth-order valence-corrected chi connectivity index (χ4v) is 2.83. The number of rotatable bonds is 2. The Balaban J connectivity index is 2.07. The van der Waals surface area contributed by atoms with Crippen LogP contribution in [0.5, 0.6) is 0 Å². The van der Waals surface area contributed by atoms with Gasteiger partial charge in [-0.1, -0.05) is 12.8 Å². The summed E-state index contributed by atoms with van der Waals surface area (Å²) in [7, 11) is 0. The lowest BCUT2D eigenvalue weighted by atomic mass is 9.98. The molecule has 3 nitrogen and oxygen atoms in total. The summed E-state index contributed by atoms with van der Waals surface area (Å²) >= 11 is 0. The van der Waals surface area contributed by atoms with Gasteiger partial charge in [-0.2, -0.15) is 0 Å². The lowest BCUT2D eigenvalue weighted by molar-refractivity contribution is -0.132. The molecule has 1 heterocycles. The van der Waals surface area contributed by atoms with Crippen molar-refractivity contribution >= 4 is 5.91 Å². The molecule has 0 spiro atoms. The lowest BCUT2D eigenvalue weighted by Gasteiger charge is -2.35. The lowest BCUT2D eigenvalue weighted by Crippen LogP contribution is -2.45. The summed E-state index contributed by atoms with van der Waals surface area (Å²) in [6, 6.07) is 0. The van der Waals surface area contributed by atoms with Gasteiger partial charge in [0.25, 0.3) is 0 Å². The van der Waals surface area contributed by atoms with E-state index in [9.17, 15) is 4.79 Å². The van der Waals surface area contributed by atoms with E-state index < -0.39 is 0 Å². The largest absolute Gasteiger partial charge is 0.396 e. The topological polar surface area (TPSA) is 40.5 Å². The number of carbonyl (C=O) groups is 1. The summed E-state index contributed by atoms with van der Waals surface area (Å²) in [5, 5.41) is 9.05. The minimum atomic E-state index is 0.0982. The normalized spacial score (nSPS) is 31.4. The maximum Gasteiger partial charge on any atom is 0.223 e. The average molecular weight is 197 g/mol. The highest BCUT2D eigenvalue weighted by atomic mass is 16.3. The summed E-state index contributed by atoms with van der Waals surface area (Å²) in [5.41, 5.74) is 0.0982. The number of nitrogens with zero attached hydrogens (tertiary/aromatic N) is 1. The predicted octanol–water partition coefficient (Wildman–Crippen LogP) is 1.16. The molecule has 0 bridgehead atoms. The molecule has 2 fully saturated rings. The monoisotopic (exact) mass is 197 g/mol. The van der Waals surface area contributed by atoms with Crippen molar-refractivity contribution in [1.82, 2.24) is 4.90 Å². The van der Waals surface area contributed by atoms with Crippen molar-refractivity contribution in [3.8, 4) is 0 Å². The number of aliphatic hydroxyl groups excluding tert-OH is 1. The molecule has 1 saturated carbocycles. The standard InChI is InChI=1S/C11H19NO2/c1-11(4-2-3-5-11)12-7-9(8-13)6-10(12)14/h9,13H,2-8H2,1H3. The Kier molecular flexibility index (Phi) is 2.52. The van der Waals surface area contributed by atoms with Crippen LogP contribution in [0.4, 0.5) is 0 Å².